The number of hydrogen-bond donors (Lipinski definition) is 3. The van der Waals surface area contributed by atoms with E-state index in [1.807, 2.05) is 6.92 Å². The zero-order valence-electron chi connectivity index (χ0n) is 12.9. The molecule has 1 heterocycles. The van der Waals surface area contributed by atoms with Crippen LogP contribution in [0.25, 0.3) is 0 Å². The molecule has 1 aromatic rings. The van der Waals surface area contributed by atoms with Gasteiger partial charge in [0.05, 0.1) is 0 Å². The standard InChI is InChI=1S/C14H27N5/c1-8(2)7-10(5)16-13-11(6)14(19-15)18-12(17-13)9(3)4/h8-10H,7,15H2,1-6H3,(H2,16,17,18,19). The number of hydrazine groups is 1. The van der Waals surface area contributed by atoms with Crippen LogP contribution in [0, 0.1) is 12.8 Å². The Bertz CT molecular complexity index is 415. The van der Waals surface area contributed by atoms with Crippen molar-refractivity contribution in [1.29, 1.82) is 0 Å². The fraction of sp³-hybridized carbons (Fsp3) is 0.714. The molecule has 1 aromatic heterocycles. The summed E-state index contributed by atoms with van der Waals surface area (Å²) >= 11 is 0. The Morgan fingerprint density at radius 3 is 2.11 bits per heavy atom. The van der Waals surface area contributed by atoms with Gasteiger partial charge in [-0.15, -0.1) is 0 Å². The van der Waals surface area contributed by atoms with Gasteiger partial charge in [0, 0.05) is 17.5 Å². The first-order chi connectivity index (χ1) is 8.85. The van der Waals surface area contributed by atoms with Gasteiger partial charge >= 0.3 is 0 Å². The van der Waals surface area contributed by atoms with Crippen molar-refractivity contribution in [1.82, 2.24) is 9.97 Å². The smallest absolute Gasteiger partial charge is 0.148 e. The largest absolute Gasteiger partial charge is 0.367 e. The fourth-order valence-corrected chi connectivity index (χ4v) is 2.07. The summed E-state index contributed by atoms with van der Waals surface area (Å²) in [4.78, 5) is 9.04. The number of nitrogens with one attached hydrogen (secondary N) is 2. The van der Waals surface area contributed by atoms with Gasteiger partial charge < -0.3 is 10.7 Å². The molecule has 5 heteroatoms. The second-order valence-corrected chi connectivity index (χ2v) is 5.88. The number of aromatic nitrogens is 2. The van der Waals surface area contributed by atoms with Crippen molar-refractivity contribution in [3.8, 4) is 0 Å². The van der Waals surface area contributed by atoms with E-state index in [2.05, 4.69) is 55.3 Å². The lowest BCUT2D eigenvalue weighted by molar-refractivity contribution is 0.538. The van der Waals surface area contributed by atoms with Gasteiger partial charge in [-0.2, -0.15) is 0 Å². The van der Waals surface area contributed by atoms with E-state index in [-0.39, 0.29) is 5.92 Å². The highest BCUT2D eigenvalue weighted by Gasteiger charge is 2.14. The molecular weight excluding hydrogens is 238 g/mol. The van der Waals surface area contributed by atoms with Crippen LogP contribution in [0.15, 0.2) is 0 Å². The van der Waals surface area contributed by atoms with Crippen LogP contribution < -0.4 is 16.6 Å². The Labute approximate surface area is 116 Å². The monoisotopic (exact) mass is 265 g/mol. The number of nitrogens with zero attached hydrogens (tertiary/aromatic N) is 2. The van der Waals surface area contributed by atoms with Crippen molar-refractivity contribution in [2.45, 2.75) is 59.9 Å². The molecule has 0 radical (unpaired) electrons. The van der Waals surface area contributed by atoms with Crippen LogP contribution in [0.5, 0.6) is 0 Å². The molecular formula is C14H27N5. The highest BCUT2D eigenvalue weighted by molar-refractivity contribution is 5.57. The molecule has 0 bridgehead atoms. The van der Waals surface area contributed by atoms with Crippen molar-refractivity contribution in [3.63, 3.8) is 0 Å². The third-order valence-electron chi connectivity index (χ3n) is 3.02. The van der Waals surface area contributed by atoms with E-state index < -0.39 is 0 Å². The molecule has 0 saturated heterocycles. The molecule has 0 aliphatic carbocycles. The van der Waals surface area contributed by atoms with Gasteiger partial charge in [-0.05, 0) is 26.2 Å². The molecule has 1 unspecified atom stereocenters. The highest BCUT2D eigenvalue weighted by atomic mass is 15.3. The summed E-state index contributed by atoms with van der Waals surface area (Å²) in [7, 11) is 0. The SMILES string of the molecule is Cc1c(NN)nc(C(C)C)nc1NC(C)CC(C)C. The van der Waals surface area contributed by atoms with Gasteiger partial charge in [0.15, 0.2) is 0 Å². The molecule has 5 nitrogen and oxygen atoms in total. The van der Waals surface area contributed by atoms with E-state index in [1.165, 1.54) is 0 Å². The fourth-order valence-electron chi connectivity index (χ4n) is 2.07. The molecule has 4 N–H and O–H groups in total. The van der Waals surface area contributed by atoms with Gasteiger partial charge in [0.25, 0.3) is 0 Å². The Hall–Kier alpha value is -1.36. The quantitative estimate of drug-likeness (QED) is 0.544. The predicted octanol–water partition coefficient (Wildman–Crippen LogP) is 3.04. The summed E-state index contributed by atoms with van der Waals surface area (Å²) < 4.78 is 0. The van der Waals surface area contributed by atoms with Crippen LogP contribution in [0.1, 0.15) is 58.3 Å². The van der Waals surface area contributed by atoms with E-state index in [0.717, 1.165) is 23.6 Å². The zero-order valence-corrected chi connectivity index (χ0v) is 12.9. The van der Waals surface area contributed by atoms with E-state index in [0.29, 0.717) is 17.8 Å². The van der Waals surface area contributed by atoms with E-state index in [9.17, 15) is 0 Å². The van der Waals surface area contributed by atoms with E-state index >= 15 is 0 Å². The van der Waals surface area contributed by atoms with E-state index in [4.69, 9.17) is 5.84 Å². The number of hydrogen-bond acceptors (Lipinski definition) is 5. The van der Waals surface area contributed by atoms with Crippen LogP contribution in [-0.4, -0.2) is 16.0 Å². The molecule has 0 fully saturated rings. The van der Waals surface area contributed by atoms with Crippen LogP contribution in [0.4, 0.5) is 11.6 Å². The maximum Gasteiger partial charge on any atom is 0.148 e. The average Bonchev–Trinajstić information content (AvgIpc) is 2.30. The van der Waals surface area contributed by atoms with Crippen molar-refractivity contribution in [2.24, 2.45) is 11.8 Å². The van der Waals surface area contributed by atoms with Crippen LogP contribution in [-0.2, 0) is 0 Å². The second kappa shape index (κ2) is 6.70. The van der Waals surface area contributed by atoms with Gasteiger partial charge in [-0.3, -0.25) is 0 Å². The minimum atomic E-state index is 0.272. The Balaban J connectivity index is 3.01. The summed E-state index contributed by atoms with van der Waals surface area (Å²) in [6, 6.07) is 0.374. The first-order valence-electron chi connectivity index (χ1n) is 6.96. The highest BCUT2D eigenvalue weighted by Crippen LogP contribution is 2.23. The Morgan fingerprint density at radius 2 is 1.63 bits per heavy atom. The molecule has 0 aliphatic heterocycles. The van der Waals surface area contributed by atoms with Crippen molar-refractivity contribution in [3.05, 3.63) is 11.4 Å². The maximum absolute atomic E-state index is 5.53. The molecule has 0 amide bonds. The summed E-state index contributed by atoms with van der Waals surface area (Å²) in [6.45, 7) is 12.7. The van der Waals surface area contributed by atoms with Gasteiger partial charge in [0.2, 0.25) is 0 Å². The molecule has 0 aliphatic rings. The normalized spacial score (nSPS) is 12.9. The lowest BCUT2D eigenvalue weighted by Crippen LogP contribution is -2.21. The van der Waals surface area contributed by atoms with Gasteiger partial charge in [-0.1, -0.05) is 27.7 Å². The molecule has 0 aromatic carbocycles. The Kier molecular flexibility index (Phi) is 5.54. The number of nitrogen functional groups attached to an aromatic ring is 1. The van der Waals surface area contributed by atoms with E-state index in [1.54, 1.807) is 0 Å². The summed E-state index contributed by atoms with van der Waals surface area (Å²) in [5.74, 6) is 8.83. The maximum atomic E-state index is 5.53. The van der Waals surface area contributed by atoms with Crippen LogP contribution in [0.3, 0.4) is 0 Å². The van der Waals surface area contributed by atoms with Crippen molar-refractivity contribution in [2.75, 3.05) is 10.7 Å². The first kappa shape index (κ1) is 15.7. The van der Waals surface area contributed by atoms with Crippen molar-refractivity contribution < 1.29 is 0 Å². The van der Waals surface area contributed by atoms with Gasteiger partial charge in [0.1, 0.15) is 17.5 Å². The summed E-state index contributed by atoms with van der Waals surface area (Å²) in [5.41, 5.74) is 3.61. The molecule has 0 saturated carbocycles. The second-order valence-electron chi connectivity index (χ2n) is 5.88. The lowest BCUT2D eigenvalue weighted by Gasteiger charge is -2.20. The lowest BCUT2D eigenvalue weighted by atomic mass is 10.1. The molecule has 1 atom stereocenters. The summed E-state index contributed by atoms with van der Waals surface area (Å²) in [6.07, 6.45) is 1.10. The van der Waals surface area contributed by atoms with Crippen LogP contribution in [0.2, 0.25) is 0 Å². The molecule has 1 rings (SSSR count). The predicted molar refractivity (Wildman–Crippen MR) is 81.2 cm³/mol. The topological polar surface area (TPSA) is 75.9 Å². The molecule has 19 heavy (non-hydrogen) atoms. The average molecular weight is 265 g/mol. The van der Waals surface area contributed by atoms with Crippen LogP contribution >= 0.6 is 0 Å². The van der Waals surface area contributed by atoms with Gasteiger partial charge in [-0.25, -0.2) is 15.8 Å². The molecule has 0 spiro atoms. The third-order valence-corrected chi connectivity index (χ3v) is 3.02. The minimum absolute atomic E-state index is 0.272. The Morgan fingerprint density at radius 1 is 1.05 bits per heavy atom. The molecule has 108 valence electrons. The first-order valence-corrected chi connectivity index (χ1v) is 6.96. The zero-order chi connectivity index (χ0) is 14.6. The summed E-state index contributed by atoms with van der Waals surface area (Å²) in [5, 5.41) is 3.46. The minimum Gasteiger partial charge on any atom is -0.367 e. The number of rotatable bonds is 6. The van der Waals surface area contributed by atoms with Crippen molar-refractivity contribution >= 4 is 11.6 Å². The number of anilines is 2. The number of nitrogens with two attached hydrogens (primary N) is 1. The third kappa shape index (κ3) is 4.35.